The molecule has 10 heteroatoms. The molecule has 7 nitrogen and oxygen atoms in total. The lowest BCUT2D eigenvalue weighted by atomic mass is 9.95. The van der Waals surface area contributed by atoms with E-state index in [4.69, 9.17) is 11.6 Å². The van der Waals surface area contributed by atoms with Crippen molar-refractivity contribution in [2.45, 2.75) is 75.9 Å². The Kier molecular flexibility index (Phi) is 10.6. The van der Waals surface area contributed by atoms with Gasteiger partial charge >= 0.3 is 0 Å². The number of nitrogens with one attached hydrogen (secondary N) is 1. The molecule has 0 heterocycles. The van der Waals surface area contributed by atoms with Crippen molar-refractivity contribution < 1.29 is 22.4 Å². The lowest BCUT2D eigenvalue weighted by molar-refractivity contribution is -0.140. The van der Waals surface area contributed by atoms with Gasteiger partial charge in [0.1, 0.15) is 18.4 Å². The molecule has 2 amide bonds. The summed E-state index contributed by atoms with van der Waals surface area (Å²) in [6.07, 6.45) is 5.27. The van der Waals surface area contributed by atoms with Gasteiger partial charge in [-0.25, -0.2) is 12.8 Å². The summed E-state index contributed by atoms with van der Waals surface area (Å²) in [5.41, 5.74) is 1.49. The third-order valence-corrected chi connectivity index (χ3v) is 9.66. The molecule has 1 saturated carbocycles. The van der Waals surface area contributed by atoms with Crippen LogP contribution in [0.25, 0.3) is 0 Å². The average molecular weight is 614 g/mol. The van der Waals surface area contributed by atoms with Crippen molar-refractivity contribution in [2.24, 2.45) is 0 Å². The van der Waals surface area contributed by atoms with Gasteiger partial charge in [0.15, 0.2) is 0 Å². The maximum atomic E-state index is 14.2. The Labute approximate surface area is 252 Å². The predicted octanol–water partition coefficient (Wildman–Crippen LogP) is 6.24. The molecule has 1 atom stereocenters. The molecule has 0 saturated heterocycles. The second-order valence-corrected chi connectivity index (χ2v) is 13.0. The molecular formula is C32H37ClFN3O4S. The fourth-order valence-electron chi connectivity index (χ4n) is 5.33. The topological polar surface area (TPSA) is 86.8 Å². The highest BCUT2D eigenvalue weighted by Crippen LogP contribution is 2.30. The maximum absolute atomic E-state index is 14.2. The van der Waals surface area contributed by atoms with E-state index in [1.54, 1.807) is 49.4 Å². The number of amides is 2. The number of hydrogen-bond acceptors (Lipinski definition) is 4. The molecule has 1 N–H and O–H groups in total. The number of sulfonamides is 1. The first-order valence-corrected chi connectivity index (χ1v) is 16.1. The van der Waals surface area contributed by atoms with Gasteiger partial charge in [-0.15, -0.1) is 0 Å². The van der Waals surface area contributed by atoms with Gasteiger partial charge in [-0.3, -0.25) is 13.9 Å². The summed E-state index contributed by atoms with van der Waals surface area (Å²) in [6.45, 7) is 3.00. The molecule has 224 valence electrons. The number of rotatable bonds is 11. The zero-order valence-corrected chi connectivity index (χ0v) is 25.5. The van der Waals surface area contributed by atoms with Gasteiger partial charge in [-0.2, -0.15) is 0 Å². The van der Waals surface area contributed by atoms with E-state index >= 15 is 0 Å². The molecule has 3 aromatic rings. The largest absolute Gasteiger partial charge is 0.352 e. The maximum Gasteiger partial charge on any atom is 0.264 e. The number of anilines is 1. The van der Waals surface area contributed by atoms with Crippen LogP contribution in [0.5, 0.6) is 0 Å². The molecule has 42 heavy (non-hydrogen) atoms. The van der Waals surface area contributed by atoms with Gasteiger partial charge < -0.3 is 10.2 Å². The quantitative estimate of drug-likeness (QED) is 0.277. The van der Waals surface area contributed by atoms with Crippen molar-refractivity contribution in [3.8, 4) is 0 Å². The number of carbonyl (C=O) groups excluding carboxylic acids is 2. The number of aryl methyl sites for hydroxylation is 1. The van der Waals surface area contributed by atoms with Crippen LogP contribution in [-0.4, -0.2) is 43.8 Å². The van der Waals surface area contributed by atoms with Crippen molar-refractivity contribution in [3.05, 3.63) is 94.8 Å². The van der Waals surface area contributed by atoms with Gasteiger partial charge in [-0.1, -0.05) is 74.2 Å². The first-order valence-electron chi connectivity index (χ1n) is 14.3. The van der Waals surface area contributed by atoms with Crippen LogP contribution in [0, 0.1) is 12.7 Å². The Morgan fingerprint density at radius 3 is 2.31 bits per heavy atom. The zero-order chi connectivity index (χ0) is 30.3. The van der Waals surface area contributed by atoms with E-state index in [0.717, 1.165) is 36.4 Å². The Hall–Kier alpha value is -3.43. The standard InChI is InChI=1S/C32H37ClFN3O4S/c1-3-29(32(39)35-27-10-6-4-7-11-27)36(21-24-15-18-26(34)19-16-24)31(38)22-37(30-20-25(33)17-14-23(30)2)42(40,41)28-12-8-5-9-13-28/h5,8-9,12-20,27,29H,3-4,6-7,10-11,21-22H2,1-2H3,(H,35,39). The van der Waals surface area contributed by atoms with Crippen LogP contribution in [0.4, 0.5) is 10.1 Å². The normalized spacial score (nSPS) is 14.7. The molecule has 1 unspecified atom stereocenters. The molecule has 1 aliphatic carbocycles. The zero-order valence-electron chi connectivity index (χ0n) is 23.9. The fraction of sp³-hybridized carbons (Fsp3) is 0.375. The first kappa shape index (κ1) is 31.5. The van der Waals surface area contributed by atoms with E-state index in [9.17, 15) is 22.4 Å². The summed E-state index contributed by atoms with van der Waals surface area (Å²) in [6, 6.07) is 17.6. The molecule has 3 aromatic carbocycles. The molecule has 4 rings (SSSR count). The number of halogens is 2. The first-order chi connectivity index (χ1) is 20.1. The van der Waals surface area contributed by atoms with Gasteiger partial charge in [0.05, 0.1) is 10.6 Å². The van der Waals surface area contributed by atoms with E-state index < -0.39 is 34.3 Å². The average Bonchev–Trinajstić information content (AvgIpc) is 2.99. The molecular weight excluding hydrogens is 577 g/mol. The van der Waals surface area contributed by atoms with Crippen LogP contribution in [0.1, 0.15) is 56.6 Å². The van der Waals surface area contributed by atoms with Gasteiger partial charge in [0, 0.05) is 17.6 Å². The minimum absolute atomic E-state index is 0.00343. The van der Waals surface area contributed by atoms with Crippen LogP contribution in [0.15, 0.2) is 77.7 Å². The fourth-order valence-corrected chi connectivity index (χ4v) is 6.99. The second-order valence-electron chi connectivity index (χ2n) is 10.7. The molecule has 1 aliphatic rings. The van der Waals surface area contributed by atoms with Crippen molar-refractivity contribution in [1.82, 2.24) is 10.2 Å². The van der Waals surface area contributed by atoms with Crippen LogP contribution < -0.4 is 9.62 Å². The minimum atomic E-state index is -4.20. The van der Waals surface area contributed by atoms with Crippen LogP contribution >= 0.6 is 11.6 Å². The summed E-state index contributed by atoms with van der Waals surface area (Å²) >= 11 is 6.28. The highest BCUT2D eigenvalue weighted by Gasteiger charge is 2.35. The number of carbonyl (C=O) groups is 2. The number of benzene rings is 3. The number of nitrogens with zero attached hydrogens (tertiary/aromatic N) is 2. The highest BCUT2D eigenvalue weighted by molar-refractivity contribution is 7.92. The van der Waals surface area contributed by atoms with Gasteiger partial charge in [0.2, 0.25) is 11.8 Å². The Bertz CT molecular complexity index is 1480. The van der Waals surface area contributed by atoms with E-state index in [0.29, 0.717) is 22.6 Å². The van der Waals surface area contributed by atoms with Crippen molar-refractivity contribution in [1.29, 1.82) is 0 Å². The lowest BCUT2D eigenvalue weighted by Gasteiger charge is -2.34. The summed E-state index contributed by atoms with van der Waals surface area (Å²) in [4.78, 5) is 29.2. The molecule has 1 fully saturated rings. The molecule has 0 bridgehead atoms. The predicted molar refractivity (Wildman–Crippen MR) is 163 cm³/mol. The van der Waals surface area contributed by atoms with Crippen LogP contribution in [-0.2, 0) is 26.2 Å². The highest BCUT2D eigenvalue weighted by atomic mass is 35.5. The summed E-state index contributed by atoms with van der Waals surface area (Å²) in [5, 5.41) is 3.43. The van der Waals surface area contributed by atoms with E-state index in [1.807, 2.05) is 6.92 Å². The van der Waals surface area contributed by atoms with Gasteiger partial charge in [0.25, 0.3) is 10.0 Å². The summed E-state index contributed by atoms with van der Waals surface area (Å²) in [7, 11) is -4.20. The summed E-state index contributed by atoms with van der Waals surface area (Å²) < 4.78 is 42.7. The van der Waals surface area contributed by atoms with Gasteiger partial charge in [-0.05, 0) is 73.7 Å². The molecule has 0 aliphatic heterocycles. The molecule has 0 aromatic heterocycles. The van der Waals surface area contributed by atoms with E-state index in [-0.39, 0.29) is 29.1 Å². The summed E-state index contributed by atoms with van der Waals surface area (Å²) in [5.74, 6) is -1.27. The Balaban J connectivity index is 1.72. The van der Waals surface area contributed by atoms with Crippen LogP contribution in [0.3, 0.4) is 0 Å². The van der Waals surface area contributed by atoms with E-state index in [1.165, 1.54) is 35.2 Å². The smallest absolute Gasteiger partial charge is 0.264 e. The minimum Gasteiger partial charge on any atom is -0.352 e. The third-order valence-electron chi connectivity index (χ3n) is 7.65. The monoisotopic (exact) mass is 613 g/mol. The second kappa shape index (κ2) is 14.2. The van der Waals surface area contributed by atoms with Crippen molar-refractivity contribution in [2.75, 3.05) is 10.8 Å². The molecule has 0 radical (unpaired) electrons. The van der Waals surface area contributed by atoms with Crippen molar-refractivity contribution >= 4 is 39.1 Å². The third kappa shape index (κ3) is 7.69. The number of hydrogen-bond donors (Lipinski definition) is 1. The lowest BCUT2D eigenvalue weighted by Crippen LogP contribution is -2.54. The van der Waals surface area contributed by atoms with E-state index in [2.05, 4.69) is 5.32 Å². The molecule has 0 spiro atoms. The van der Waals surface area contributed by atoms with Crippen molar-refractivity contribution in [3.63, 3.8) is 0 Å². The Morgan fingerprint density at radius 1 is 1.00 bits per heavy atom. The SMILES string of the molecule is CCC(C(=O)NC1CCCCC1)N(Cc1ccc(F)cc1)C(=O)CN(c1cc(Cl)ccc1C)S(=O)(=O)c1ccccc1. The van der Waals surface area contributed by atoms with Crippen LogP contribution in [0.2, 0.25) is 5.02 Å². The Morgan fingerprint density at radius 2 is 1.67 bits per heavy atom.